The molecule has 0 spiro atoms. The molecule has 2 aromatic carbocycles. The highest BCUT2D eigenvalue weighted by atomic mass is 35.5. The molecule has 0 atom stereocenters. The Morgan fingerprint density at radius 2 is 1.86 bits per heavy atom. The molecule has 2 aromatic heterocycles. The van der Waals surface area contributed by atoms with E-state index in [0.29, 0.717) is 46.6 Å². The van der Waals surface area contributed by atoms with Gasteiger partial charge in [-0.3, -0.25) is 4.79 Å². The molecule has 1 amide bonds. The SMILES string of the molecule is CCc1c(-c2ccc(OCCCSF)cc2)nc2c(Cl)cc(Cl)cn12.CN(C=O)c1ccccc1. The Balaban J connectivity index is 0.000000287. The molecule has 0 aliphatic carbocycles. The Bertz CT molecular complexity index is 1240. The highest BCUT2D eigenvalue weighted by Crippen LogP contribution is 2.31. The van der Waals surface area contributed by atoms with Crippen molar-refractivity contribution >= 4 is 53.1 Å². The fraction of sp³-hybridized carbons (Fsp3) is 0.231. The van der Waals surface area contributed by atoms with Gasteiger partial charge in [0.2, 0.25) is 6.41 Å². The topological polar surface area (TPSA) is 46.8 Å². The molecule has 184 valence electrons. The number of aryl methyl sites for hydroxylation is 1. The van der Waals surface area contributed by atoms with Crippen molar-refractivity contribution in [2.75, 3.05) is 24.3 Å². The molecule has 0 saturated heterocycles. The number of pyridine rings is 1. The molecule has 2 heterocycles. The molecule has 0 N–H and O–H groups in total. The van der Waals surface area contributed by atoms with Crippen LogP contribution in [-0.2, 0) is 11.2 Å². The van der Waals surface area contributed by atoms with E-state index in [9.17, 15) is 8.68 Å². The molecule has 4 rings (SSSR count). The zero-order valence-electron chi connectivity index (χ0n) is 19.5. The zero-order chi connectivity index (χ0) is 25.2. The van der Waals surface area contributed by atoms with Crippen LogP contribution >= 0.6 is 35.3 Å². The van der Waals surface area contributed by atoms with Gasteiger partial charge < -0.3 is 14.0 Å². The van der Waals surface area contributed by atoms with Gasteiger partial charge in [-0.25, -0.2) is 4.98 Å². The van der Waals surface area contributed by atoms with Crippen LogP contribution in [0.3, 0.4) is 0 Å². The average molecular weight is 534 g/mol. The van der Waals surface area contributed by atoms with Crippen LogP contribution < -0.4 is 9.64 Å². The Morgan fingerprint density at radius 1 is 1.14 bits per heavy atom. The van der Waals surface area contributed by atoms with Gasteiger partial charge in [0.1, 0.15) is 5.75 Å². The zero-order valence-corrected chi connectivity index (χ0v) is 21.8. The molecule has 4 aromatic rings. The minimum atomic E-state index is 0.334. The summed E-state index contributed by atoms with van der Waals surface area (Å²) in [5.74, 6) is 1.21. The van der Waals surface area contributed by atoms with Crippen LogP contribution in [0.1, 0.15) is 19.0 Å². The van der Waals surface area contributed by atoms with Crippen molar-refractivity contribution < 1.29 is 13.4 Å². The first-order valence-electron chi connectivity index (χ1n) is 11.0. The number of ether oxygens (including phenoxy) is 1. The van der Waals surface area contributed by atoms with Gasteiger partial charge >= 0.3 is 0 Å². The molecule has 0 fully saturated rings. The number of halogens is 3. The van der Waals surface area contributed by atoms with Crippen molar-refractivity contribution in [2.45, 2.75) is 19.8 Å². The number of hydrogen-bond acceptors (Lipinski definition) is 4. The number of imidazole rings is 1. The van der Waals surface area contributed by atoms with Gasteiger partial charge in [-0.15, -0.1) is 0 Å². The summed E-state index contributed by atoms with van der Waals surface area (Å²) < 4.78 is 19.6. The number of para-hydroxylation sites is 1. The average Bonchev–Trinajstić information content (AvgIpc) is 3.26. The van der Waals surface area contributed by atoms with Crippen LogP contribution in [0.15, 0.2) is 66.9 Å². The van der Waals surface area contributed by atoms with E-state index in [-0.39, 0.29) is 0 Å². The second-order valence-corrected chi connectivity index (χ2v) is 9.02. The summed E-state index contributed by atoms with van der Waals surface area (Å²) in [6.07, 6.45) is 4.09. The van der Waals surface area contributed by atoms with Gasteiger partial charge in [0.15, 0.2) is 5.65 Å². The van der Waals surface area contributed by atoms with Gasteiger partial charge in [-0.05, 0) is 55.3 Å². The van der Waals surface area contributed by atoms with E-state index >= 15 is 0 Å². The van der Waals surface area contributed by atoms with E-state index in [4.69, 9.17) is 32.9 Å². The summed E-state index contributed by atoms with van der Waals surface area (Å²) >= 11 is 12.7. The highest BCUT2D eigenvalue weighted by molar-refractivity contribution is 7.94. The van der Waals surface area contributed by atoms with Crippen LogP contribution in [0, 0.1) is 0 Å². The van der Waals surface area contributed by atoms with E-state index in [1.165, 1.54) is 4.90 Å². The number of hydrogen-bond donors (Lipinski definition) is 0. The minimum Gasteiger partial charge on any atom is -0.494 e. The maximum absolute atomic E-state index is 12.0. The third kappa shape index (κ3) is 7.13. The van der Waals surface area contributed by atoms with Crippen LogP contribution in [-0.4, -0.2) is 35.2 Å². The maximum Gasteiger partial charge on any atom is 0.213 e. The predicted molar refractivity (Wildman–Crippen MR) is 145 cm³/mol. The largest absolute Gasteiger partial charge is 0.494 e. The lowest BCUT2D eigenvalue weighted by atomic mass is 10.1. The Labute approximate surface area is 219 Å². The van der Waals surface area contributed by atoms with Crippen molar-refractivity contribution in [3.63, 3.8) is 0 Å². The van der Waals surface area contributed by atoms with E-state index in [0.717, 1.165) is 41.2 Å². The lowest BCUT2D eigenvalue weighted by molar-refractivity contribution is -0.107. The number of rotatable bonds is 9. The quantitative estimate of drug-likeness (QED) is 0.164. The molecule has 35 heavy (non-hydrogen) atoms. The van der Waals surface area contributed by atoms with Crippen molar-refractivity contribution in [2.24, 2.45) is 0 Å². The molecule has 0 aliphatic rings. The van der Waals surface area contributed by atoms with Crippen LogP contribution in [0.25, 0.3) is 16.9 Å². The summed E-state index contributed by atoms with van der Waals surface area (Å²) in [6, 6.07) is 18.9. The molecule has 0 saturated carbocycles. The van der Waals surface area contributed by atoms with E-state index in [1.54, 1.807) is 13.1 Å². The lowest BCUT2D eigenvalue weighted by Crippen LogP contribution is -2.12. The number of anilines is 1. The van der Waals surface area contributed by atoms with Gasteiger partial charge in [-0.1, -0.05) is 48.3 Å². The Morgan fingerprint density at radius 3 is 2.49 bits per heavy atom. The number of benzene rings is 2. The van der Waals surface area contributed by atoms with Crippen LogP contribution in [0.2, 0.25) is 10.0 Å². The maximum atomic E-state index is 12.0. The summed E-state index contributed by atoms with van der Waals surface area (Å²) in [5.41, 5.74) is 4.53. The van der Waals surface area contributed by atoms with Crippen LogP contribution in [0.4, 0.5) is 9.57 Å². The fourth-order valence-corrected chi connectivity index (χ4v) is 4.17. The summed E-state index contributed by atoms with van der Waals surface area (Å²) in [7, 11) is 1.72. The lowest BCUT2D eigenvalue weighted by Gasteiger charge is -2.08. The van der Waals surface area contributed by atoms with Crippen molar-refractivity contribution in [3.8, 4) is 17.0 Å². The van der Waals surface area contributed by atoms with E-state index in [1.807, 2.05) is 65.2 Å². The first-order valence-corrected chi connectivity index (χ1v) is 12.7. The summed E-state index contributed by atoms with van der Waals surface area (Å²) in [6.45, 7) is 2.57. The minimum absolute atomic E-state index is 0.334. The highest BCUT2D eigenvalue weighted by Gasteiger charge is 2.15. The molecule has 5 nitrogen and oxygen atoms in total. The number of aromatic nitrogens is 2. The molecule has 0 aliphatic heterocycles. The number of amides is 1. The summed E-state index contributed by atoms with van der Waals surface area (Å²) in [4.78, 5) is 16.5. The first kappa shape index (κ1) is 26.9. The normalized spacial score (nSPS) is 10.5. The van der Waals surface area contributed by atoms with E-state index in [2.05, 4.69) is 6.92 Å². The predicted octanol–water partition coefficient (Wildman–Crippen LogP) is 7.54. The monoisotopic (exact) mass is 533 g/mol. The number of fused-ring (bicyclic) bond motifs is 1. The molecule has 0 unspecified atom stereocenters. The van der Waals surface area contributed by atoms with Gasteiger partial charge in [0.05, 0.1) is 28.0 Å². The Kier molecular flexibility index (Phi) is 10.3. The smallest absolute Gasteiger partial charge is 0.213 e. The Hall–Kier alpha value is -2.74. The first-order chi connectivity index (χ1) is 17.0. The standard InChI is InChI=1S/C18H17Cl2FN2OS.C8H9NO/c1-2-16-17(22-18-15(20)10-13(19)11-23(16)18)12-4-6-14(7-5-12)24-8-3-9-25-21;1-9(7-10)8-5-3-2-4-6-8/h4-7,10-11H,2-3,8-9H2,1H3;2-7H,1H3. The number of carbonyl (C=O) groups excluding carboxylic acids is 1. The van der Waals surface area contributed by atoms with Gasteiger partial charge in [-0.2, -0.15) is 3.89 Å². The molecule has 0 radical (unpaired) electrons. The molecular weight excluding hydrogens is 508 g/mol. The van der Waals surface area contributed by atoms with Gasteiger partial charge in [0, 0.05) is 42.4 Å². The van der Waals surface area contributed by atoms with Crippen molar-refractivity contribution in [1.29, 1.82) is 0 Å². The van der Waals surface area contributed by atoms with E-state index < -0.39 is 0 Å². The molecule has 0 bridgehead atoms. The molecular formula is C26H26Cl2FN3O2S. The van der Waals surface area contributed by atoms with Crippen molar-refractivity contribution in [3.05, 3.63) is 82.6 Å². The number of carbonyl (C=O) groups is 1. The summed E-state index contributed by atoms with van der Waals surface area (Å²) in [5, 5.41) is 1.10. The second kappa shape index (κ2) is 13.4. The van der Waals surface area contributed by atoms with Crippen LogP contribution in [0.5, 0.6) is 5.75 Å². The number of nitrogens with zero attached hydrogens (tertiary/aromatic N) is 3. The third-order valence-electron chi connectivity index (χ3n) is 5.16. The molecule has 9 heteroatoms. The third-order valence-corrected chi connectivity index (χ3v) is 6.09. The van der Waals surface area contributed by atoms with Gasteiger partial charge in [0.25, 0.3) is 0 Å². The fourth-order valence-electron chi connectivity index (χ4n) is 3.43. The van der Waals surface area contributed by atoms with Crippen molar-refractivity contribution in [1.82, 2.24) is 9.38 Å². The second-order valence-electron chi connectivity index (χ2n) is 7.55.